The van der Waals surface area contributed by atoms with Crippen molar-refractivity contribution < 1.29 is 9.53 Å². The number of rotatable bonds is 6. The van der Waals surface area contributed by atoms with Gasteiger partial charge in [0.1, 0.15) is 0 Å². The zero-order valence-electron chi connectivity index (χ0n) is 11.5. The summed E-state index contributed by atoms with van der Waals surface area (Å²) in [5.41, 5.74) is 7.34. The largest absolute Gasteiger partial charge is 0.393 e. The van der Waals surface area contributed by atoms with Crippen molar-refractivity contribution >= 4 is 28.8 Å². The van der Waals surface area contributed by atoms with Gasteiger partial charge in [-0.05, 0) is 23.6 Å². The van der Waals surface area contributed by atoms with Gasteiger partial charge in [0.2, 0.25) is 5.91 Å². The molecule has 1 aromatic rings. The van der Waals surface area contributed by atoms with Crippen LogP contribution in [-0.2, 0) is 16.1 Å². The molecule has 1 atom stereocenters. The van der Waals surface area contributed by atoms with E-state index in [1.54, 1.807) is 7.11 Å². The summed E-state index contributed by atoms with van der Waals surface area (Å²) in [6, 6.07) is 7.51. The summed E-state index contributed by atoms with van der Waals surface area (Å²) in [7, 11) is 1.63. The number of nitrogens with one attached hydrogen (secondary N) is 1. The molecule has 1 amide bonds. The van der Waals surface area contributed by atoms with Crippen molar-refractivity contribution in [2.75, 3.05) is 12.4 Å². The minimum atomic E-state index is -0.457. The topological polar surface area (TPSA) is 64.3 Å². The van der Waals surface area contributed by atoms with Gasteiger partial charge in [0, 0.05) is 12.8 Å². The third kappa shape index (κ3) is 4.61. The van der Waals surface area contributed by atoms with Gasteiger partial charge in [0.15, 0.2) is 0 Å². The second-order valence-electron chi connectivity index (χ2n) is 4.75. The molecule has 0 spiro atoms. The number of carbonyl (C=O) groups is 1. The quantitative estimate of drug-likeness (QED) is 0.785. The molecule has 3 N–H and O–H groups in total. The van der Waals surface area contributed by atoms with E-state index in [4.69, 9.17) is 22.7 Å². The van der Waals surface area contributed by atoms with Crippen molar-refractivity contribution in [3.8, 4) is 0 Å². The van der Waals surface area contributed by atoms with Crippen LogP contribution in [0.4, 0.5) is 5.69 Å². The molecule has 5 heteroatoms. The number of anilines is 1. The first-order valence-corrected chi connectivity index (χ1v) is 6.54. The number of methoxy groups -OCH3 is 1. The van der Waals surface area contributed by atoms with Gasteiger partial charge in [-0.1, -0.05) is 38.2 Å². The maximum Gasteiger partial charge on any atom is 0.234 e. The average molecular weight is 280 g/mol. The number of hydrogen-bond acceptors (Lipinski definition) is 3. The average Bonchev–Trinajstić information content (AvgIpc) is 2.28. The Labute approximate surface area is 119 Å². The molecule has 0 aliphatic heterocycles. The standard InChI is InChI=1S/C14H20N2O2S/c1-9(2)12(13(15)19)14(17)16-11-6-4-5-10(7-11)8-18-3/h4-7,9,12H,8H2,1-3H3,(H2,15,19)(H,16,17). The number of thiocarbonyl (C=S) groups is 1. The Morgan fingerprint density at radius 2 is 2.16 bits per heavy atom. The van der Waals surface area contributed by atoms with Crippen LogP contribution in [0, 0.1) is 11.8 Å². The molecule has 0 fully saturated rings. The van der Waals surface area contributed by atoms with Gasteiger partial charge in [-0.2, -0.15) is 0 Å². The number of ether oxygens (including phenoxy) is 1. The Kier molecular flexibility index (Phi) is 5.92. The molecule has 4 nitrogen and oxygen atoms in total. The Balaban J connectivity index is 2.80. The van der Waals surface area contributed by atoms with Crippen LogP contribution in [-0.4, -0.2) is 18.0 Å². The lowest BCUT2D eigenvalue weighted by molar-refractivity contribution is -0.118. The lowest BCUT2D eigenvalue weighted by Crippen LogP contribution is -2.36. The fourth-order valence-electron chi connectivity index (χ4n) is 1.89. The number of nitrogens with two attached hydrogens (primary N) is 1. The van der Waals surface area contributed by atoms with Crippen molar-refractivity contribution in [1.29, 1.82) is 0 Å². The number of amides is 1. The summed E-state index contributed by atoms with van der Waals surface area (Å²) in [6.45, 7) is 4.35. The van der Waals surface area contributed by atoms with Crippen LogP contribution in [0.25, 0.3) is 0 Å². The predicted octanol–water partition coefficient (Wildman–Crippen LogP) is 2.33. The fourth-order valence-corrected chi connectivity index (χ4v) is 2.27. The maximum absolute atomic E-state index is 12.2. The molecule has 1 aromatic carbocycles. The molecule has 104 valence electrons. The maximum atomic E-state index is 12.2. The summed E-state index contributed by atoms with van der Waals surface area (Å²) in [6.07, 6.45) is 0. The van der Waals surface area contributed by atoms with Gasteiger partial charge in [-0.25, -0.2) is 0 Å². The molecule has 0 aromatic heterocycles. The number of hydrogen-bond donors (Lipinski definition) is 2. The monoisotopic (exact) mass is 280 g/mol. The molecule has 0 bridgehead atoms. The molecular formula is C14H20N2O2S. The molecule has 0 aliphatic carbocycles. The van der Waals surface area contributed by atoms with Crippen LogP contribution in [0.2, 0.25) is 0 Å². The first-order chi connectivity index (χ1) is 8.95. The van der Waals surface area contributed by atoms with Gasteiger partial charge >= 0.3 is 0 Å². The second-order valence-corrected chi connectivity index (χ2v) is 5.22. The molecule has 1 unspecified atom stereocenters. The number of benzene rings is 1. The van der Waals surface area contributed by atoms with E-state index in [0.717, 1.165) is 11.3 Å². The smallest absolute Gasteiger partial charge is 0.234 e. The summed E-state index contributed by atoms with van der Waals surface area (Å²) < 4.78 is 5.06. The van der Waals surface area contributed by atoms with Crippen molar-refractivity contribution in [1.82, 2.24) is 0 Å². The lowest BCUT2D eigenvalue weighted by Gasteiger charge is -2.19. The van der Waals surface area contributed by atoms with Crippen molar-refractivity contribution in [2.45, 2.75) is 20.5 Å². The third-order valence-corrected chi connectivity index (χ3v) is 3.02. The Hall–Kier alpha value is -1.46. The fraction of sp³-hybridized carbons (Fsp3) is 0.429. The van der Waals surface area contributed by atoms with Crippen LogP contribution in [0.3, 0.4) is 0 Å². The molecule has 0 aliphatic rings. The minimum absolute atomic E-state index is 0.0691. The zero-order chi connectivity index (χ0) is 14.4. The van der Waals surface area contributed by atoms with Crippen molar-refractivity contribution in [3.63, 3.8) is 0 Å². The van der Waals surface area contributed by atoms with Gasteiger partial charge < -0.3 is 15.8 Å². The Morgan fingerprint density at radius 3 is 2.68 bits per heavy atom. The van der Waals surface area contributed by atoms with E-state index < -0.39 is 5.92 Å². The van der Waals surface area contributed by atoms with E-state index in [0.29, 0.717) is 6.61 Å². The summed E-state index contributed by atoms with van der Waals surface area (Å²) >= 11 is 4.95. The lowest BCUT2D eigenvalue weighted by atomic mass is 9.95. The summed E-state index contributed by atoms with van der Waals surface area (Å²) in [5.74, 6) is -0.558. The molecule has 0 heterocycles. The van der Waals surface area contributed by atoms with E-state index in [9.17, 15) is 4.79 Å². The van der Waals surface area contributed by atoms with E-state index in [2.05, 4.69) is 5.32 Å². The Morgan fingerprint density at radius 1 is 1.47 bits per heavy atom. The minimum Gasteiger partial charge on any atom is -0.393 e. The van der Waals surface area contributed by atoms with E-state index >= 15 is 0 Å². The molecule has 0 saturated carbocycles. The highest BCUT2D eigenvalue weighted by atomic mass is 32.1. The van der Waals surface area contributed by atoms with Crippen molar-refractivity contribution in [3.05, 3.63) is 29.8 Å². The number of carbonyl (C=O) groups excluding carboxylic acids is 1. The van der Waals surface area contributed by atoms with Crippen LogP contribution in [0.15, 0.2) is 24.3 Å². The molecular weight excluding hydrogens is 260 g/mol. The first-order valence-electron chi connectivity index (χ1n) is 6.13. The normalized spacial score (nSPS) is 12.2. The first kappa shape index (κ1) is 15.6. The highest BCUT2D eigenvalue weighted by Gasteiger charge is 2.24. The van der Waals surface area contributed by atoms with Crippen molar-refractivity contribution in [2.24, 2.45) is 17.6 Å². The van der Waals surface area contributed by atoms with Gasteiger partial charge in [0.25, 0.3) is 0 Å². The van der Waals surface area contributed by atoms with E-state index in [-0.39, 0.29) is 16.8 Å². The van der Waals surface area contributed by atoms with Gasteiger partial charge in [-0.3, -0.25) is 4.79 Å². The predicted molar refractivity (Wildman–Crippen MR) is 80.9 cm³/mol. The van der Waals surface area contributed by atoms with E-state index in [1.165, 1.54) is 0 Å². The molecule has 19 heavy (non-hydrogen) atoms. The second kappa shape index (κ2) is 7.21. The Bertz CT molecular complexity index is 461. The van der Waals surface area contributed by atoms with Crippen LogP contribution < -0.4 is 11.1 Å². The summed E-state index contributed by atoms with van der Waals surface area (Å²) in [5, 5.41) is 2.84. The zero-order valence-corrected chi connectivity index (χ0v) is 12.3. The van der Waals surface area contributed by atoms with Crippen LogP contribution in [0.5, 0.6) is 0 Å². The third-order valence-electron chi connectivity index (χ3n) is 2.76. The molecule has 1 rings (SSSR count). The van der Waals surface area contributed by atoms with Crippen LogP contribution in [0.1, 0.15) is 19.4 Å². The molecule has 0 radical (unpaired) electrons. The van der Waals surface area contributed by atoms with Crippen LogP contribution >= 0.6 is 12.2 Å². The van der Waals surface area contributed by atoms with Gasteiger partial charge in [-0.15, -0.1) is 0 Å². The van der Waals surface area contributed by atoms with Gasteiger partial charge in [0.05, 0.1) is 17.5 Å². The highest BCUT2D eigenvalue weighted by molar-refractivity contribution is 7.80. The van der Waals surface area contributed by atoms with E-state index in [1.807, 2.05) is 38.1 Å². The SMILES string of the molecule is COCc1cccc(NC(=O)C(C(N)=S)C(C)C)c1. The summed E-state index contributed by atoms with van der Waals surface area (Å²) in [4.78, 5) is 12.4. The molecule has 0 saturated heterocycles. The highest BCUT2D eigenvalue weighted by Crippen LogP contribution is 2.17.